The molecule has 1 unspecified atom stereocenters. The predicted molar refractivity (Wildman–Crippen MR) is 97.8 cm³/mol. The Bertz CT molecular complexity index is 823. The van der Waals surface area contributed by atoms with E-state index in [0.717, 1.165) is 5.56 Å². The van der Waals surface area contributed by atoms with Crippen LogP contribution in [0.25, 0.3) is 0 Å². The Hall–Kier alpha value is -2.31. The fourth-order valence-electron chi connectivity index (χ4n) is 2.19. The first kappa shape index (κ1) is 16.5. The standard InChI is InChI=1S/C17H14ClN3O2S/c18-13-7-3-1-5-11(13)9-15-16(23)20-17(24-15)21-19-10-12-6-2-4-8-14(12)22/h1-8,10,15,22H,9H2,(H,20,21,23)/b19-10+. The van der Waals surface area contributed by atoms with Gasteiger partial charge in [-0.05, 0) is 30.2 Å². The number of para-hydroxylation sites is 1. The van der Waals surface area contributed by atoms with Crippen molar-refractivity contribution in [3.05, 3.63) is 64.7 Å². The molecule has 1 aliphatic rings. The Labute approximate surface area is 148 Å². The molecule has 7 heteroatoms. The van der Waals surface area contributed by atoms with Crippen molar-refractivity contribution < 1.29 is 9.90 Å². The third kappa shape index (κ3) is 3.96. The molecule has 1 saturated heterocycles. The fraction of sp³-hybridized carbons (Fsp3) is 0.118. The highest BCUT2D eigenvalue weighted by Crippen LogP contribution is 2.26. The van der Waals surface area contributed by atoms with Crippen LogP contribution in [0, 0.1) is 0 Å². The number of hydrogen-bond acceptors (Lipinski definition) is 5. The summed E-state index contributed by atoms with van der Waals surface area (Å²) >= 11 is 7.45. The van der Waals surface area contributed by atoms with Crippen LogP contribution < -0.4 is 5.32 Å². The van der Waals surface area contributed by atoms with E-state index in [1.54, 1.807) is 30.3 Å². The summed E-state index contributed by atoms with van der Waals surface area (Å²) in [4.78, 5) is 12.0. The normalized spacial score (nSPS) is 19.1. The average Bonchev–Trinajstić information content (AvgIpc) is 2.91. The first-order valence-electron chi connectivity index (χ1n) is 7.23. The highest BCUT2D eigenvalue weighted by Gasteiger charge is 2.30. The van der Waals surface area contributed by atoms with Gasteiger partial charge in [0.2, 0.25) is 5.91 Å². The zero-order valence-corrected chi connectivity index (χ0v) is 14.1. The molecule has 1 heterocycles. The summed E-state index contributed by atoms with van der Waals surface area (Å²) in [6, 6.07) is 14.3. The molecule has 0 bridgehead atoms. The fourth-order valence-corrected chi connectivity index (χ4v) is 3.36. The van der Waals surface area contributed by atoms with Gasteiger partial charge >= 0.3 is 0 Å². The molecule has 1 amide bonds. The monoisotopic (exact) mass is 359 g/mol. The van der Waals surface area contributed by atoms with Gasteiger partial charge in [-0.3, -0.25) is 4.79 Å². The van der Waals surface area contributed by atoms with Crippen molar-refractivity contribution in [2.75, 3.05) is 0 Å². The molecular weight excluding hydrogens is 346 g/mol. The molecule has 0 aromatic heterocycles. The Morgan fingerprint density at radius 1 is 1.21 bits per heavy atom. The maximum atomic E-state index is 12.0. The predicted octanol–water partition coefficient (Wildman–Crippen LogP) is 3.21. The molecule has 0 saturated carbocycles. The van der Waals surface area contributed by atoms with Gasteiger partial charge in [0, 0.05) is 10.6 Å². The lowest BCUT2D eigenvalue weighted by Gasteiger charge is -2.06. The second kappa shape index (κ2) is 7.51. The number of benzene rings is 2. The van der Waals surface area contributed by atoms with Crippen molar-refractivity contribution in [2.24, 2.45) is 10.2 Å². The average molecular weight is 360 g/mol. The quantitative estimate of drug-likeness (QED) is 0.650. The van der Waals surface area contributed by atoms with Gasteiger partial charge in [0.15, 0.2) is 5.17 Å². The smallest absolute Gasteiger partial charge is 0.239 e. The second-order valence-corrected chi connectivity index (χ2v) is 6.70. The Morgan fingerprint density at radius 2 is 1.96 bits per heavy atom. The maximum Gasteiger partial charge on any atom is 0.239 e. The Kier molecular flexibility index (Phi) is 5.17. The third-order valence-electron chi connectivity index (χ3n) is 3.42. The van der Waals surface area contributed by atoms with Crippen molar-refractivity contribution in [2.45, 2.75) is 11.7 Å². The topological polar surface area (TPSA) is 74.0 Å². The molecule has 0 radical (unpaired) electrons. The van der Waals surface area contributed by atoms with Gasteiger partial charge in [-0.1, -0.05) is 53.7 Å². The van der Waals surface area contributed by atoms with Gasteiger partial charge in [-0.2, -0.15) is 5.10 Å². The van der Waals surface area contributed by atoms with Crippen molar-refractivity contribution in [3.63, 3.8) is 0 Å². The lowest BCUT2D eigenvalue weighted by atomic mass is 10.1. The zero-order chi connectivity index (χ0) is 16.9. The summed E-state index contributed by atoms with van der Waals surface area (Å²) in [5, 5.41) is 21.1. The van der Waals surface area contributed by atoms with Crippen LogP contribution in [0.3, 0.4) is 0 Å². The van der Waals surface area contributed by atoms with E-state index in [1.165, 1.54) is 18.0 Å². The molecule has 5 nitrogen and oxygen atoms in total. The SMILES string of the molecule is O=C1N/C(=N\N=C\c2ccccc2O)SC1Cc1ccccc1Cl. The van der Waals surface area contributed by atoms with E-state index in [0.29, 0.717) is 22.2 Å². The number of halogens is 1. The molecule has 0 aliphatic carbocycles. The first-order chi connectivity index (χ1) is 11.6. The van der Waals surface area contributed by atoms with Gasteiger partial charge in [0.1, 0.15) is 5.75 Å². The van der Waals surface area contributed by atoms with Crippen molar-refractivity contribution >= 4 is 40.7 Å². The number of rotatable bonds is 4. The highest BCUT2D eigenvalue weighted by molar-refractivity contribution is 8.15. The summed E-state index contributed by atoms with van der Waals surface area (Å²) < 4.78 is 0. The second-order valence-electron chi connectivity index (χ2n) is 5.10. The van der Waals surface area contributed by atoms with E-state index < -0.39 is 0 Å². The number of nitrogens with zero attached hydrogens (tertiary/aromatic N) is 2. The van der Waals surface area contributed by atoms with E-state index in [-0.39, 0.29) is 16.9 Å². The molecule has 0 spiro atoms. The minimum atomic E-state index is -0.288. The van der Waals surface area contributed by atoms with Crippen LogP contribution in [0.2, 0.25) is 5.02 Å². The summed E-state index contributed by atoms with van der Waals surface area (Å²) in [7, 11) is 0. The summed E-state index contributed by atoms with van der Waals surface area (Å²) in [6.45, 7) is 0. The van der Waals surface area contributed by atoms with Gasteiger partial charge in [-0.25, -0.2) is 0 Å². The number of carbonyl (C=O) groups is 1. The lowest BCUT2D eigenvalue weighted by Crippen LogP contribution is -2.26. The highest BCUT2D eigenvalue weighted by atomic mass is 35.5. The van der Waals surface area contributed by atoms with Crippen molar-refractivity contribution in [1.29, 1.82) is 0 Å². The molecule has 24 heavy (non-hydrogen) atoms. The van der Waals surface area contributed by atoms with Gasteiger partial charge in [-0.15, -0.1) is 5.10 Å². The summed E-state index contributed by atoms with van der Waals surface area (Å²) in [6.07, 6.45) is 1.97. The number of phenols is 1. The molecule has 1 atom stereocenters. The largest absolute Gasteiger partial charge is 0.507 e. The number of nitrogens with one attached hydrogen (secondary N) is 1. The number of amidine groups is 1. The molecule has 1 fully saturated rings. The van der Waals surface area contributed by atoms with E-state index >= 15 is 0 Å². The molecular formula is C17H14ClN3O2S. The zero-order valence-electron chi connectivity index (χ0n) is 12.5. The minimum absolute atomic E-state index is 0.114. The summed E-state index contributed by atoms with van der Waals surface area (Å²) in [5.41, 5.74) is 1.48. The van der Waals surface area contributed by atoms with Crippen LogP contribution in [0.15, 0.2) is 58.7 Å². The van der Waals surface area contributed by atoms with Crippen LogP contribution in [-0.2, 0) is 11.2 Å². The number of hydrogen-bond donors (Lipinski definition) is 2. The van der Waals surface area contributed by atoms with Crippen molar-refractivity contribution in [1.82, 2.24) is 5.32 Å². The number of thioether (sulfide) groups is 1. The number of carbonyl (C=O) groups excluding carboxylic acids is 1. The number of aromatic hydroxyl groups is 1. The number of amides is 1. The van der Waals surface area contributed by atoms with E-state index in [4.69, 9.17) is 11.6 Å². The molecule has 3 rings (SSSR count). The molecule has 122 valence electrons. The number of phenolic OH excluding ortho intramolecular Hbond substituents is 1. The van der Waals surface area contributed by atoms with E-state index in [1.807, 2.05) is 18.2 Å². The van der Waals surface area contributed by atoms with Crippen LogP contribution >= 0.6 is 23.4 Å². The van der Waals surface area contributed by atoms with Gasteiger partial charge in [0.05, 0.1) is 11.5 Å². The van der Waals surface area contributed by atoms with Gasteiger partial charge in [0.25, 0.3) is 0 Å². The maximum absolute atomic E-state index is 12.0. The van der Waals surface area contributed by atoms with E-state index in [9.17, 15) is 9.90 Å². The van der Waals surface area contributed by atoms with Crippen LogP contribution in [-0.4, -0.2) is 27.6 Å². The van der Waals surface area contributed by atoms with Crippen LogP contribution in [0.4, 0.5) is 0 Å². The van der Waals surface area contributed by atoms with Crippen molar-refractivity contribution in [3.8, 4) is 5.75 Å². The molecule has 2 aromatic carbocycles. The summed E-state index contributed by atoms with van der Waals surface area (Å²) in [5.74, 6) is 0.0117. The lowest BCUT2D eigenvalue weighted by molar-refractivity contribution is -0.118. The van der Waals surface area contributed by atoms with E-state index in [2.05, 4.69) is 15.5 Å². The van der Waals surface area contributed by atoms with Crippen LogP contribution in [0.5, 0.6) is 5.75 Å². The minimum Gasteiger partial charge on any atom is -0.507 e. The molecule has 1 aliphatic heterocycles. The molecule has 2 N–H and O–H groups in total. The first-order valence-corrected chi connectivity index (χ1v) is 8.49. The van der Waals surface area contributed by atoms with Gasteiger partial charge < -0.3 is 10.4 Å². The Balaban J connectivity index is 1.66. The Morgan fingerprint density at radius 3 is 2.75 bits per heavy atom. The molecule has 2 aromatic rings. The van der Waals surface area contributed by atoms with Crippen LogP contribution in [0.1, 0.15) is 11.1 Å². The third-order valence-corrected chi connectivity index (χ3v) is 4.86.